The number of nitrogens with one attached hydrogen (secondary N) is 2. The Bertz CT molecular complexity index is 3230. The number of benzene rings is 4. The van der Waals surface area contributed by atoms with Gasteiger partial charge >= 0.3 is 0 Å². The number of fused-ring (bicyclic) bond motifs is 2. The summed E-state index contributed by atoms with van der Waals surface area (Å²) in [6.45, 7) is 25.8. The molecule has 22 heteroatoms. The molecule has 0 radical (unpaired) electrons. The van der Waals surface area contributed by atoms with Crippen LogP contribution in [0.15, 0.2) is 85.2 Å². The Kier molecular flexibility index (Phi) is 16.8. The molecule has 6 aliphatic rings. The van der Waals surface area contributed by atoms with Gasteiger partial charge in [0.2, 0.25) is 25.4 Å². The summed E-state index contributed by atoms with van der Waals surface area (Å²) in [5.41, 5.74) is 1.66. The number of hydrogen-bond acceptors (Lipinski definition) is 14. The number of likely N-dealkylation sites (tertiary alicyclic amines) is 2. The Labute approximate surface area is 511 Å². The molecule has 2 aromatic heterocycles. The zero-order valence-electron chi connectivity index (χ0n) is 49.3. The summed E-state index contributed by atoms with van der Waals surface area (Å²) in [6.07, 6.45) is 8.40. The van der Waals surface area contributed by atoms with Gasteiger partial charge in [0.25, 0.3) is 0 Å². The van der Waals surface area contributed by atoms with Crippen molar-refractivity contribution in [1.29, 1.82) is 0 Å². The van der Waals surface area contributed by atoms with Crippen molar-refractivity contribution < 1.29 is 46.2 Å². The van der Waals surface area contributed by atoms with Crippen LogP contribution in [0.25, 0.3) is 0 Å². The number of rotatable bonds is 16. The molecule has 6 aromatic rings. The van der Waals surface area contributed by atoms with Gasteiger partial charge in [0.15, 0.2) is 49.9 Å². The first-order chi connectivity index (χ1) is 39.7. The number of halogens is 4. The normalized spacial score (nSPS) is 20.5. The second-order valence-corrected chi connectivity index (χ2v) is 38.6. The van der Waals surface area contributed by atoms with Crippen molar-refractivity contribution in [3.63, 3.8) is 0 Å². The number of amides is 2. The Morgan fingerprint density at radius 1 is 0.607 bits per heavy atom. The molecule has 12 rings (SSSR count). The second kappa shape index (κ2) is 23.3. The maximum Gasteiger partial charge on any atom is 0.236 e. The predicted octanol–water partition coefficient (Wildman–Crippen LogP) is 15.0. The Morgan fingerprint density at radius 3 is 1.35 bits per heavy atom. The van der Waals surface area contributed by atoms with Crippen LogP contribution in [0.2, 0.25) is 46.3 Å². The molecule has 0 spiro atoms. The summed E-state index contributed by atoms with van der Waals surface area (Å²) in [5.74, 6) is 1.80. The molecule has 4 atom stereocenters. The van der Waals surface area contributed by atoms with Crippen LogP contribution in [0.1, 0.15) is 124 Å². The number of ether oxygens (including phenoxy) is 4. The predicted molar refractivity (Wildman–Crippen MR) is 331 cm³/mol. The molecule has 4 fully saturated rings. The van der Waals surface area contributed by atoms with Crippen LogP contribution < -0.4 is 29.6 Å². The van der Waals surface area contributed by atoms with E-state index in [2.05, 4.69) is 98.1 Å². The molecule has 0 unspecified atom stereocenters. The standard InChI is InChI=1S/2C31H37ClFN3O4SSi/c2*1-30(2,3)42(4,5)40-21-10-13-36(17-21)27(22-8-7-20(32)15-23(22)33)26-16-34-29(41-26)35-28(37)31(11-12-31)19-6-9-24-25(14-19)39-18-38-24/h2*6-9,14-16,21,27H,10-13,17-18H2,1-5H3,(H,34,35,37)/t2*21-,27+/m11/s1. The molecule has 4 aliphatic heterocycles. The molecule has 84 heavy (non-hydrogen) atoms. The SMILES string of the molecule is CC(C)(C)[Si](C)(C)O[C@@H]1CCN([C@H](c2cnc(NC(=O)C3(c4ccc5c(c4)OCO5)CC3)s2)c2ccc(Cl)cc2F)C1.CC(C)(C)[Si](C)(C)O[C@@H]1CCN([C@H](c2cnc(NC(=O)C3(c4ccc5c(c4)OCO5)CC3)s2)c2ccc(Cl)cc2F)C1. The molecular formula is C62H74Cl2F2N6O8S2Si2. The first kappa shape index (κ1) is 60.7. The largest absolute Gasteiger partial charge is 0.454 e. The van der Waals surface area contributed by atoms with E-state index in [1.807, 2.05) is 36.4 Å². The first-order valence-electron chi connectivity index (χ1n) is 28.8. The van der Waals surface area contributed by atoms with Crippen molar-refractivity contribution in [1.82, 2.24) is 19.8 Å². The van der Waals surface area contributed by atoms with Gasteiger partial charge in [0.1, 0.15) is 11.6 Å². The highest BCUT2D eigenvalue weighted by atomic mass is 35.5. The van der Waals surface area contributed by atoms with Crippen molar-refractivity contribution in [2.24, 2.45) is 0 Å². The summed E-state index contributed by atoms with van der Waals surface area (Å²) in [7, 11) is -3.92. The van der Waals surface area contributed by atoms with E-state index in [9.17, 15) is 9.59 Å². The summed E-state index contributed by atoms with van der Waals surface area (Å²) < 4.78 is 66.2. The summed E-state index contributed by atoms with van der Waals surface area (Å²) in [6, 6.07) is 20.3. The van der Waals surface area contributed by atoms with Crippen LogP contribution >= 0.6 is 45.9 Å². The van der Waals surface area contributed by atoms with Gasteiger partial charge in [-0.1, -0.05) is 112 Å². The molecule has 448 valence electrons. The minimum absolute atomic E-state index is 0.0762. The third-order valence-corrected chi connectivity index (χ3v) is 29.8. The zero-order valence-corrected chi connectivity index (χ0v) is 54.4. The van der Waals surface area contributed by atoms with Crippen LogP contribution in [0.4, 0.5) is 19.0 Å². The zero-order chi connectivity index (χ0) is 59.7. The smallest absolute Gasteiger partial charge is 0.236 e. The van der Waals surface area contributed by atoms with Crippen LogP contribution in [0.5, 0.6) is 23.0 Å². The topological polar surface area (TPSA) is 146 Å². The van der Waals surface area contributed by atoms with Gasteiger partial charge in [-0.05, 0) is 134 Å². The fraction of sp³-hybridized carbons (Fsp3) is 0.484. The van der Waals surface area contributed by atoms with Crippen LogP contribution in [-0.4, -0.2) is 100 Å². The van der Waals surface area contributed by atoms with Crippen molar-refractivity contribution in [3.8, 4) is 23.0 Å². The molecular weight excluding hydrogens is 1190 g/mol. The third-order valence-electron chi connectivity index (χ3n) is 18.4. The fourth-order valence-corrected chi connectivity index (χ4v) is 16.2. The maximum absolute atomic E-state index is 15.4. The summed E-state index contributed by atoms with van der Waals surface area (Å²) in [5, 5.41) is 8.01. The lowest BCUT2D eigenvalue weighted by molar-refractivity contribution is -0.119. The van der Waals surface area contributed by atoms with E-state index in [4.69, 9.17) is 51.0 Å². The van der Waals surface area contributed by atoms with Gasteiger partial charge in [-0.3, -0.25) is 19.4 Å². The van der Waals surface area contributed by atoms with Gasteiger partial charge in [-0.2, -0.15) is 0 Å². The van der Waals surface area contributed by atoms with Crippen molar-refractivity contribution in [3.05, 3.63) is 139 Å². The highest BCUT2D eigenvalue weighted by Gasteiger charge is 2.53. The van der Waals surface area contributed by atoms with E-state index >= 15 is 8.78 Å². The molecule has 4 aromatic carbocycles. The molecule has 14 nitrogen and oxygen atoms in total. The van der Waals surface area contributed by atoms with Gasteiger partial charge in [-0.15, -0.1) is 0 Å². The number of carbonyl (C=O) groups is 2. The molecule has 6 heterocycles. The minimum Gasteiger partial charge on any atom is -0.454 e. The van der Waals surface area contributed by atoms with E-state index < -0.39 is 27.5 Å². The minimum atomic E-state index is -1.96. The fourth-order valence-electron chi connectivity index (χ4n) is 11.2. The highest BCUT2D eigenvalue weighted by Crippen LogP contribution is 2.53. The molecule has 2 saturated heterocycles. The first-order valence-corrected chi connectivity index (χ1v) is 37.0. The number of anilines is 2. The average Bonchev–Trinajstić information content (AvgIpc) is 1.79. The van der Waals surface area contributed by atoms with Crippen molar-refractivity contribution >= 4 is 84.6 Å². The number of hydrogen-bond donors (Lipinski definition) is 2. The Hall–Kier alpha value is -5.01. The van der Waals surface area contributed by atoms with Gasteiger partial charge in [0.05, 0.1) is 35.1 Å². The molecule has 2 aliphatic carbocycles. The van der Waals surface area contributed by atoms with E-state index in [1.54, 1.807) is 36.7 Å². The monoisotopic (exact) mass is 1260 g/mol. The third kappa shape index (κ3) is 12.4. The average molecular weight is 1260 g/mol. The second-order valence-electron chi connectivity index (χ2n) is 26.0. The Morgan fingerprint density at radius 2 is 0.988 bits per heavy atom. The van der Waals surface area contributed by atoms with E-state index in [0.29, 0.717) is 67.5 Å². The van der Waals surface area contributed by atoms with E-state index in [1.165, 1.54) is 34.8 Å². The highest BCUT2D eigenvalue weighted by molar-refractivity contribution is 7.16. The lowest BCUT2D eigenvalue weighted by Crippen LogP contribution is -2.44. The summed E-state index contributed by atoms with van der Waals surface area (Å²) >= 11 is 15.0. The van der Waals surface area contributed by atoms with Crippen molar-refractivity contribution in [2.75, 3.05) is 50.4 Å². The number of carbonyl (C=O) groups excluding carboxylic acids is 2. The van der Waals surface area contributed by atoms with Crippen LogP contribution in [0, 0.1) is 11.6 Å². The maximum atomic E-state index is 15.4. The van der Waals surface area contributed by atoms with Gasteiger partial charge < -0.3 is 38.4 Å². The Balaban J connectivity index is 0.000000175. The molecule has 0 bridgehead atoms. The summed E-state index contributed by atoms with van der Waals surface area (Å²) in [4.78, 5) is 42.4. The number of nitrogens with zero attached hydrogens (tertiary/aromatic N) is 4. The van der Waals surface area contributed by atoms with E-state index in [-0.39, 0.29) is 71.4 Å². The lowest BCUT2D eigenvalue weighted by atomic mass is 9.94. The van der Waals surface area contributed by atoms with Gasteiger partial charge in [0, 0.05) is 69.5 Å². The van der Waals surface area contributed by atoms with Crippen molar-refractivity contribution in [2.45, 2.75) is 151 Å². The number of aromatic nitrogens is 2. The van der Waals surface area contributed by atoms with Crippen LogP contribution in [0.3, 0.4) is 0 Å². The lowest BCUT2D eigenvalue weighted by Gasteiger charge is -2.38. The van der Waals surface area contributed by atoms with Crippen LogP contribution in [-0.2, 0) is 29.3 Å². The molecule has 2 N–H and O–H groups in total. The number of thiazole rings is 2. The molecule has 2 saturated carbocycles. The van der Waals surface area contributed by atoms with E-state index in [0.717, 1.165) is 72.5 Å². The molecule has 2 amide bonds. The van der Waals surface area contributed by atoms with Gasteiger partial charge in [-0.25, -0.2) is 18.7 Å². The quantitative estimate of drug-likeness (QED) is 0.0890.